The molecule has 2 saturated heterocycles. The second kappa shape index (κ2) is 9.33. The first-order valence-electron chi connectivity index (χ1n) is 9.90. The summed E-state index contributed by atoms with van der Waals surface area (Å²) in [6.07, 6.45) is 1.92. The van der Waals surface area contributed by atoms with Gasteiger partial charge < -0.3 is 19.7 Å². The van der Waals surface area contributed by atoms with Crippen molar-refractivity contribution in [3.63, 3.8) is 0 Å². The molecule has 27 heavy (non-hydrogen) atoms. The molecule has 0 aliphatic carbocycles. The fraction of sp³-hybridized carbons (Fsp3) is 0.619. The van der Waals surface area contributed by atoms with Gasteiger partial charge in [-0.05, 0) is 24.3 Å². The van der Waals surface area contributed by atoms with Crippen molar-refractivity contribution < 1.29 is 19.1 Å². The highest BCUT2D eigenvalue weighted by Crippen LogP contribution is 2.26. The topological polar surface area (TPSA) is 67.9 Å². The third-order valence-electron chi connectivity index (χ3n) is 5.34. The highest BCUT2D eigenvalue weighted by molar-refractivity contribution is 5.88. The molecule has 1 N–H and O–H groups in total. The SMILES string of the molecule is CC(C)C(NC(=O)Cc1ccccc1)C(=O)N1CCC(C2OCCO2)CC1. The lowest BCUT2D eigenvalue weighted by Gasteiger charge is -2.36. The number of hydrogen-bond donors (Lipinski definition) is 1. The smallest absolute Gasteiger partial charge is 0.245 e. The third-order valence-corrected chi connectivity index (χ3v) is 5.34. The molecule has 148 valence electrons. The number of piperidine rings is 1. The summed E-state index contributed by atoms with van der Waals surface area (Å²) in [7, 11) is 0. The van der Waals surface area contributed by atoms with Crippen molar-refractivity contribution in [3.8, 4) is 0 Å². The number of amides is 2. The second-order valence-electron chi connectivity index (χ2n) is 7.72. The molecule has 0 radical (unpaired) electrons. The Balaban J connectivity index is 1.53. The van der Waals surface area contributed by atoms with Crippen LogP contribution in [-0.2, 0) is 25.5 Å². The molecule has 1 unspecified atom stereocenters. The highest BCUT2D eigenvalue weighted by Gasteiger charge is 2.35. The van der Waals surface area contributed by atoms with Crippen molar-refractivity contribution >= 4 is 11.8 Å². The Morgan fingerprint density at radius 3 is 2.33 bits per heavy atom. The minimum Gasteiger partial charge on any atom is -0.350 e. The molecule has 0 bridgehead atoms. The zero-order chi connectivity index (χ0) is 19.2. The monoisotopic (exact) mass is 374 g/mol. The van der Waals surface area contributed by atoms with E-state index in [-0.39, 0.29) is 30.4 Å². The summed E-state index contributed by atoms with van der Waals surface area (Å²) in [6, 6.07) is 9.10. The third kappa shape index (κ3) is 5.30. The molecule has 2 aliphatic rings. The van der Waals surface area contributed by atoms with Crippen LogP contribution in [0.4, 0.5) is 0 Å². The molecule has 1 atom stereocenters. The van der Waals surface area contributed by atoms with Gasteiger partial charge in [0.05, 0.1) is 19.6 Å². The van der Waals surface area contributed by atoms with E-state index in [4.69, 9.17) is 9.47 Å². The van der Waals surface area contributed by atoms with E-state index in [0.29, 0.717) is 32.2 Å². The van der Waals surface area contributed by atoms with Crippen LogP contribution in [0.3, 0.4) is 0 Å². The van der Waals surface area contributed by atoms with Gasteiger partial charge in [-0.1, -0.05) is 44.2 Å². The summed E-state index contributed by atoms with van der Waals surface area (Å²) in [5.74, 6) is 0.284. The van der Waals surface area contributed by atoms with Crippen LogP contribution in [0.2, 0.25) is 0 Å². The maximum absolute atomic E-state index is 13.0. The molecular formula is C21H30N2O4. The van der Waals surface area contributed by atoms with Gasteiger partial charge in [-0.15, -0.1) is 0 Å². The van der Waals surface area contributed by atoms with Crippen LogP contribution in [0.1, 0.15) is 32.3 Å². The number of carbonyl (C=O) groups excluding carboxylic acids is 2. The molecule has 2 heterocycles. The number of rotatable bonds is 6. The number of hydrogen-bond acceptors (Lipinski definition) is 4. The van der Waals surface area contributed by atoms with E-state index >= 15 is 0 Å². The first kappa shape index (κ1) is 19.8. The minimum atomic E-state index is -0.489. The van der Waals surface area contributed by atoms with Gasteiger partial charge in [-0.2, -0.15) is 0 Å². The Morgan fingerprint density at radius 2 is 1.74 bits per heavy atom. The van der Waals surface area contributed by atoms with E-state index in [1.165, 1.54) is 0 Å². The molecule has 6 nitrogen and oxygen atoms in total. The van der Waals surface area contributed by atoms with Gasteiger partial charge in [0.25, 0.3) is 0 Å². The molecule has 1 aromatic carbocycles. The van der Waals surface area contributed by atoms with Gasteiger partial charge in [-0.3, -0.25) is 9.59 Å². The zero-order valence-corrected chi connectivity index (χ0v) is 16.2. The number of nitrogens with one attached hydrogen (secondary N) is 1. The molecule has 1 aromatic rings. The van der Waals surface area contributed by atoms with E-state index in [9.17, 15) is 9.59 Å². The number of ether oxygens (including phenoxy) is 2. The van der Waals surface area contributed by atoms with E-state index in [1.54, 1.807) is 0 Å². The van der Waals surface area contributed by atoms with Gasteiger partial charge in [0, 0.05) is 19.0 Å². The van der Waals surface area contributed by atoms with Gasteiger partial charge in [0.1, 0.15) is 6.04 Å². The zero-order valence-electron chi connectivity index (χ0n) is 16.2. The normalized spacial score (nSPS) is 20.0. The molecule has 2 amide bonds. The van der Waals surface area contributed by atoms with Crippen LogP contribution in [0.25, 0.3) is 0 Å². The van der Waals surface area contributed by atoms with Crippen LogP contribution in [0.5, 0.6) is 0 Å². The van der Waals surface area contributed by atoms with Gasteiger partial charge in [0.2, 0.25) is 11.8 Å². The van der Waals surface area contributed by atoms with Crippen LogP contribution >= 0.6 is 0 Å². The van der Waals surface area contributed by atoms with Crippen molar-refractivity contribution in [2.45, 2.75) is 45.4 Å². The first-order valence-corrected chi connectivity index (χ1v) is 9.90. The van der Waals surface area contributed by atoms with Gasteiger partial charge in [-0.25, -0.2) is 0 Å². The molecule has 2 aliphatic heterocycles. The molecule has 6 heteroatoms. The Morgan fingerprint density at radius 1 is 1.11 bits per heavy atom. The summed E-state index contributed by atoms with van der Waals surface area (Å²) in [5.41, 5.74) is 0.947. The predicted octanol–water partition coefficient (Wildman–Crippen LogP) is 1.98. The van der Waals surface area contributed by atoms with Crippen LogP contribution in [-0.4, -0.2) is 55.3 Å². The number of likely N-dealkylation sites (tertiary alicyclic amines) is 1. The van der Waals surface area contributed by atoms with Crippen molar-refractivity contribution in [1.29, 1.82) is 0 Å². The lowest BCUT2D eigenvalue weighted by atomic mass is 9.94. The van der Waals surface area contributed by atoms with Crippen molar-refractivity contribution in [2.24, 2.45) is 11.8 Å². The van der Waals surface area contributed by atoms with Gasteiger partial charge in [0.15, 0.2) is 6.29 Å². The largest absolute Gasteiger partial charge is 0.350 e. The molecule has 0 saturated carbocycles. The number of carbonyl (C=O) groups is 2. The van der Waals surface area contributed by atoms with Gasteiger partial charge >= 0.3 is 0 Å². The number of nitrogens with zero attached hydrogens (tertiary/aromatic N) is 1. The highest BCUT2D eigenvalue weighted by atomic mass is 16.7. The molecule has 0 spiro atoms. The van der Waals surface area contributed by atoms with Crippen LogP contribution < -0.4 is 5.32 Å². The molecule has 0 aromatic heterocycles. The van der Waals surface area contributed by atoms with E-state index in [1.807, 2.05) is 49.1 Å². The van der Waals surface area contributed by atoms with Crippen molar-refractivity contribution in [3.05, 3.63) is 35.9 Å². The predicted molar refractivity (Wildman–Crippen MR) is 102 cm³/mol. The lowest BCUT2D eigenvalue weighted by Crippen LogP contribution is -2.53. The summed E-state index contributed by atoms with van der Waals surface area (Å²) in [5, 5.41) is 2.95. The fourth-order valence-electron chi connectivity index (χ4n) is 3.76. The van der Waals surface area contributed by atoms with Crippen LogP contribution in [0.15, 0.2) is 30.3 Å². The van der Waals surface area contributed by atoms with Crippen molar-refractivity contribution in [2.75, 3.05) is 26.3 Å². The maximum Gasteiger partial charge on any atom is 0.245 e. The summed E-state index contributed by atoms with van der Waals surface area (Å²) < 4.78 is 11.2. The lowest BCUT2D eigenvalue weighted by molar-refractivity contribution is -0.142. The quantitative estimate of drug-likeness (QED) is 0.827. The Bertz CT molecular complexity index is 620. The molecule has 3 rings (SSSR count). The first-order chi connectivity index (χ1) is 13.0. The summed E-state index contributed by atoms with van der Waals surface area (Å²) in [4.78, 5) is 27.3. The molecular weight excluding hydrogens is 344 g/mol. The number of benzene rings is 1. The Kier molecular flexibility index (Phi) is 6.85. The van der Waals surface area contributed by atoms with E-state index < -0.39 is 6.04 Å². The molecule has 2 fully saturated rings. The minimum absolute atomic E-state index is 0.0121. The fourth-order valence-corrected chi connectivity index (χ4v) is 3.76. The standard InChI is InChI=1S/C21H30N2O4/c1-15(2)19(22-18(24)14-16-6-4-3-5-7-16)20(25)23-10-8-17(9-11-23)21-26-12-13-27-21/h3-7,15,17,19,21H,8-14H2,1-2H3,(H,22,24). The average Bonchev–Trinajstić information content (AvgIpc) is 3.21. The van der Waals surface area contributed by atoms with E-state index in [2.05, 4.69) is 5.32 Å². The van der Waals surface area contributed by atoms with E-state index in [0.717, 1.165) is 18.4 Å². The van der Waals surface area contributed by atoms with Crippen LogP contribution in [0, 0.1) is 11.8 Å². The second-order valence-corrected chi connectivity index (χ2v) is 7.72. The average molecular weight is 374 g/mol. The Hall–Kier alpha value is -1.92. The maximum atomic E-state index is 13.0. The summed E-state index contributed by atoms with van der Waals surface area (Å²) in [6.45, 7) is 6.63. The summed E-state index contributed by atoms with van der Waals surface area (Å²) >= 11 is 0. The Labute approximate surface area is 161 Å². The van der Waals surface area contributed by atoms with Crippen molar-refractivity contribution in [1.82, 2.24) is 10.2 Å².